The van der Waals surface area contributed by atoms with Gasteiger partial charge in [0.25, 0.3) is 5.91 Å². The Morgan fingerprint density at radius 3 is 3.00 bits per heavy atom. The molecule has 0 unspecified atom stereocenters. The highest BCUT2D eigenvalue weighted by Gasteiger charge is 2.45. The van der Waals surface area contributed by atoms with Gasteiger partial charge in [-0.1, -0.05) is 12.5 Å². The van der Waals surface area contributed by atoms with Crippen LogP contribution in [-0.4, -0.2) is 29.4 Å². The molecule has 2 heterocycles. The van der Waals surface area contributed by atoms with Crippen LogP contribution in [0.1, 0.15) is 48.3 Å². The van der Waals surface area contributed by atoms with E-state index < -0.39 is 0 Å². The number of nitrogens with one attached hydrogen (secondary N) is 2. The minimum Gasteiger partial charge on any atom is -0.356 e. The van der Waals surface area contributed by atoms with Crippen LogP contribution in [0.4, 0.5) is 0 Å². The molecule has 2 aliphatic rings. The largest absolute Gasteiger partial charge is 0.356 e. The lowest BCUT2D eigenvalue weighted by atomic mass is 9.71. The molecule has 2 amide bonds. The molecule has 5 heteroatoms. The molecule has 3 rings (SSSR count). The van der Waals surface area contributed by atoms with E-state index in [1.807, 2.05) is 19.1 Å². The van der Waals surface area contributed by atoms with Crippen LogP contribution >= 0.6 is 0 Å². The summed E-state index contributed by atoms with van der Waals surface area (Å²) < 4.78 is 0. The maximum atomic E-state index is 12.3. The summed E-state index contributed by atoms with van der Waals surface area (Å²) in [6.07, 6.45) is 4.50. The van der Waals surface area contributed by atoms with Gasteiger partial charge < -0.3 is 10.6 Å². The summed E-state index contributed by atoms with van der Waals surface area (Å²) in [6.45, 7) is 2.63. The fourth-order valence-electron chi connectivity index (χ4n) is 3.56. The van der Waals surface area contributed by atoms with Crippen LogP contribution in [0, 0.1) is 12.3 Å². The third-order valence-electron chi connectivity index (χ3n) is 4.67. The van der Waals surface area contributed by atoms with E-state index in [-0.39, 0.29) is 23.3 Å². The van der Waals surface area contributed by atoms with Crippen LogP contribution in [-0.2, 0) is 4.79 Å². The molecule has 2 atom stereocenters. The molecule has 0 bridgehead atoms. The van der Waals surface area contributed by atoms with Gasteiger partial charge in [-0.15, -0.1) is 0 Å². The first-order valence-electron chi connectivity index (χ1n) is 7.62. The Bertz CT molecular complexity index is 572. The van der Waals surface area contributed by atoms with E-state index in [9.17, 15) is 9.59 Å². The zero-order valence-electron chi connectivity index (χ0n) is 12.3. The Morgan fingerprint density at radius 2 is 2.29 bits per heavy atom. The van der Waals surface area contributed by atoms with E-state index in [1.54, 1.807) is 6.07 Å². The van der Waals surface area contributed by atoms with Gasteiger partial charge in [-0.05, 0) is 44.7 Å². The molecule has 2 N–H and O–H groups in total. The standard InChI is InChI=1S/C16H21N3O2/c1-11-4-2-6-13(18-11)14(20)19-12-5-3-7-16(10-12)8-9-17-15(16)21/h2,4,6,12H,3,5,7-10H2,1H3,(H,17,21)(H,19,20)/t12-,16-/m0/s1. The molecule has 1 aliphatic carbocycles. The van der Waals surface area contributed by atoms with Crippen molar-refractivity contribution >= 4 is 11.8 Å². The number of hydrogen-bond donors (Lipinski definition) is 2. The summed E-state index contributed by atoms with van der Waals surface area (Å²) >= 11 is 0. The molecule has 1 saturated heterocycles. The van der Waals surface area contributed by atoms with E-state index in [0.29, 0.717) is 5.69 Å². The summed E-state index contributed by atoms with van der Waals surface area (Å²) in [5.41, 5.74) is 1.03. The van der Waals surface area contributed by atoms with Crippen molar-refractivity contribution in [1.29, 1.82) is 0 Å². The summed E-state index contributed by atoms with van der Waals surface area (Å²) in [4.78, 5) is 28.6. The van der Waals surface area contributed by atoms with Gasteiger partial charge >= 0.3 is 0 Å². The van der Waals surface area contributed by atoms with Gasteiger partial charge in [-0.3, -0.25) is 9.59 Å². The molecule has 5 nitrogen and oxygen atoms in total. The first-order valence-corrected chi connectivity index (χ1v) is 7.62. The first kappa shape index (κ1) is 14.0. The highest BCUT2D eigenvalue weighted by molar-refractivity contribution is 5.92. The molecule has 1 aliphatic heterocycles. The normalized spacial score (nSPS) is 28.4. The molecular formula is C16H21N3O2. The number of hydrogen-bond acceptors (Lipinski definition) is 3. The highest BCUT2D eigenvalue weighted by atomic mass is 16.2. The zero-order chi connectivity index (χ0) is 14.9. The number of carbonyl (C=O) groups is 2. The van der Waals surface area contributed by atoms with Crippen molar-refractivity contribution in [1.82, 2.24) is 15.6 Å². The Labute approximate surface area is 124 Å². The van der Waals surface area contributed by atoms with E-state index in [2.05, 4.69) is 15.6 Å². The lowest BCUT2D eigenvalue weighted by molar-refractivity contribution is -0.129. The predicted octanol–water partition coefficient (Wildman–Crippen LogP) is 1.57. The van der Waals surface area contributed by atoms with Crippen molar-refractivity contribution < 1.29 is 9.59 Å². The fraction of sp³-hybridized carbons (Fsp3) is 0.562. The minimum absolute atomic E-state index is 0.0670. The van der Waals surface area contributed by atoms with E-state index >= 15 is 0 Å². The Hall–Kier alpha value is -1.91. The van der Waals surface area contributed by atoms with Crippen molar-refractivity contribution in [2.45, 2.75) is 45.1 Å². The first-order chi connectivity index (χ1) is 10.1. The fourth-order valence-corrected chi connectivity index (χ4v) is 3.56. The lowest BCUT2D eigenvalue weighted by Gasteiger charge is -2.36. The number of amides is 2. The lowest BCUT2D eigenvalue weighted by Crippen LogP contribution is -2.45. The summed E-state index contributed by atoms with van der Waals surface area (Å²) in [6, 6.07) is 5.50. The Morgan fingerprint density at radius 1 is 1.43 bits per heavy atom. The number of rotatable bonds is 2. The van der Waals surface area contributed by atoms with Crippen molar-refractivity contribution in [2.75, 3.05) is 6.54 Å². The monoisotopic (exact) mass is 287 g/mol. The zero-order valence-corrected chi connectivity index (χ0v) is 12.3. The van der Waals surface area contributed by atoms with Gasteiger partial charge in [-0.2, -0.15) is 0 Å². The van der Waals surface area contributed by atoms with Crippen LogP contribution in [0.3, 0.4) is 0 Å². The van der Waals surface area contributed by atoms with Crippen molar-refractivity contribution in [2.24, 2.45) is 5.41 Å². The molecule has 2 fully saturated rings. The SMILES string of the molecule is Cc1cccc(C(=O)N[C@H]2CCC[C@]3(CCNC3=O)C2)n1. The molecule has 1 saturated carbocycles. The van der Waals surface area contributed by atoms with E-state index in [4.69, 9.17) is 0 Å². The number of pyridine rings is 1. The smallest absolute Gasteiger partial charge is 0.270 e. The maximum Gasteiger partial charge on any atom is 0.270 e. The second kappa shape index (κ2) is 5.47. The third-order valence-corrected chi connectivity index (χ3v) is 4.67. The second-order valence-corrected chi connectivity index (χ2v) is 6.22. The predicted molar refractivity (Wildman–Crippen MR) is 78.8 cm³/mol. The van der Waals surface area contributed by atoms with Gasteiger partial charge in [-0.25, -0.2) is 4.98 Å². The second-order valence-electron chi connectivity index (χ2n) is 6.22. The van der Waals surface area contributed by atoms with Crippen LogP contribution in [0.5, 0.6) is 0 Å². The van der Waals surface area contributed by atoms with Crippen molar-refractivity contribution in [3.05, 3.63) is 29.6 Å². The van der Waals surface area contributed by atoms with Gasteiger partial charge in [0.2, 0.25) is 5.91 Å². The average Bonchev–Trinajstić information content (AvgIpc) is 2.80. The van der Waals surface area contributed by atoms with Crippen LogP contribution in [0.25, 0.3) is 0 Å². The molecule has 0 aromatic carbocycles. The van der Waals surface area contributed by atoms with Gasteiger partial charge in [0.05, 0.1) is 5.41 Å². The molecule has 1 aromatic rings. The number of nitrogens with zero attached hydrogens (tertiary/aromatic N) is 1. The quantitative estimate of drug-likeness (QED) is 0.867. The van der Waals surface area contributed by atoms with E-state index in [0.717, 1.165) is 44.3 Å². The molecule has 1 aromatic heterocycles. The number of aryl methyl sites for hydroxylation is 1. The third kappa shape index (κ3) is 2.77. The van der Waals surface area contributed by atoms with Gasteiger partial charge in [0.1, 0.15) is 5.69 Å². The summed E-state index contributed by atoms with van der Waals surface area (Å²) in [5, 5.41) is 5.98. The topological polar surface area (TPSA) is 71.1 Å². The molecule has 21 heavy (non-hydrogen) atoms. The van der Waals surface area contributed by atoms with Crippen LogP contribution < -0.4 is 10.6 Å². The number of carbonyl (C=O) groups excluding carboxylic acids is 2. The number of aromatic nitrogens is 1. The van der Waals surface area contributed by atoms with Crippen molar-refractivity contribution in [3.8, 4) is 0 Å². The van der Waals surface area contributed by atoms with Crippen molar-refractivity contribution in [3.63, 3.8) is 0 Å². The van der Waals surface area contributed by atoms with Crippen LogP contribution in [0.15, 0.2) is 18.2 Å². The van der Waals surface area contributed by atoms with E-state index in [1.165, 1.54) is 0 Å². The molecular weight excluding hydrogens is 266 g/mol. The average molecular weight is 287 g/mol. The van der Waals surface area contributed by atoms with Gasteiger partial charge in [0.15, 0.2) is 0 Å². The van der Waals surface area contributed by atoms with Gasteiger partial charge in [0, 0.05) is 18.3 Å². The maximum absolute atomic E-state index is 12.3. The van der Waals surface area contributed by atoms with Crippen LogP contribution in [0.2, 0.25) is 0 Å². The highest BCUT2D eigenvalue weighted by Crippen LogP contribution is 2.41. The molecule has 0 radical (unpaired) electrons. The minimum atomic E-state index is -0.254. The summed E-state index contributed by atoms with van der Waals surface area (Å²) in [5.74, 6) is 0.0225. The Balaban J connectivity index is 1.67. The molecule has 112 valence electrons. The summed E-state index contributed by atoms with van der Waals surface area (Å²) in [7, 11) is 0. The Kier molecular flexibility index (Phi) is 3.66. The molecule has 1 spiro atoms.